The van der Waals surface area contributed by atoms with Crippen molar-refractivity contribution in [3.05, 3.63) is 12.2 Å². The van der Waals surface area contributed by atoms with E-state index >= 15 is 0 Å². The van der Waals surface area contributed by atoms with Gasteiger partial charge in [0.15, 0.2) is 0 Å². The molecule has 0 heterocycles. The van der Waals surface area contributed by atoms with Crippen LogP contribution in [-0.2, 0) is 0 Å². The van der Waals surface area contributed by atoms with Crippen molar-refractivity contribution in [3.8, 4) is 0 Å². The van der Waals surface area contributed by atoms with E-state index in [0.717, 1.165) is 11.8 Å². The van der Waals surface area contributed by atoms with Gasteiger partial charge >= 0.3 is 0 Å². The molecule has 6 heavy (non-hydrogen) atoms. The van der Waals surface area contributed by atoms with Crippen molar-refractivity contribution >= 4 is 0 Å². The van der Waals surface area contributed by atoms with E-state index in [4.69, 9.17) is 0 Å². The first-order chi connectivity index (χ1) is 2.80. The van der Waals surface area contributed by atoms with Gasteiger partial charge in [0.1, 0.15) is 0 Å². The Balaban J connectivity index is 2.45. The molecule has 2 unspecified atom stereocenters. The molecule has 0 heteroatoms. The van der Waals surface area contributed by atoms with E-state index in [1.165, 1.54) is 0 Å². The predicted molar refractivity (Wildman–Crippen MR) is 27.5 cm³/mol. The third-order valence-electron chi connectivity index (χ3n) is 1.55. The minimum Gasteiger partial charge on any atom is -0.0848 e. The zero-order valence-electron chi connectivity index (χ0n) is 4.31. The number of allylic oxidation sites excluding steroid dienone is 2. The van der Waals surface area contributed by atoms with Crippen molar-refractivity contribution in [2.24, 2.45) is 11.8 Å². The molecule has 2 atom stereocenters. The van der Waals surface area contributed by atoms with Crippen LogP contribution >= 0.6 is 0 Å². The van der Waals surface area contributed by atoms with Crippen LogP contribution in [0.15, 0.2) is 12.2 Å². The molecule has 0 nitrogen and oxygen atoms in total. The van der Waals surface area contributed by atoms with E-state index < -0.39 is 0 Å². The van der Waals surface area contributed by atoms with Crippen LogP contribution in [0.2, 0.25) is 0 Å². The number of hydrogen-bond acceptors (Lipinski definition) is 0. The van der Waals surface area contributed by atoms with Crippen LogP contribution < -0.4 is 0 Å². The minimum absolute atomic E-state index is 0.852. The zero-order chi connectivity index (χ0) is 4.57. The van der Waals surface area contributed by atoms with Gasteiger partial charge in [0.2, 0.25) is 0 Å². The van der Waals surface area contributed by atoms with Gasteiger partial charge < -0.3 is 0 Å². The van der Waals surface area contributed by atoms with E-state index in [-0.39, 0.29) is 0 Å². The summed E-state index contributed by atoms with van der Waals surface area (Å²) in [6, 6.07) is 0. The topological polar surface area (TPSA) is 0 Å². The molecule has 1 aliphatic rings. The maximum atomic E-state index is 2.24. The van der Waals surface area contributed by atoms with Gasteiger partial charge in [-0.2, -0.15) is 0 Å². The van der Waals surface area contributed by atoms with Crippen LogP contribution in [0, 0.1) is 11.8 Å². The lowest BCUT2D eigenvalue weighted by atomic mass is 9.86. The summed E-state index contributed by atoms with van der Waals surface area (Å²) in [5.74, 6) is 1.70. The van der Waals surface area contributed by atoms with Crippen molar-refractivity contribution in [3.63, 3.8) is 0 Å². The van der Waals surface area contributed by atoms with Crippen LogP contribution in [0.25, 0.3) is 0 Å². The van der Waals surface area contributed by atoms with Gasteiger partial charge in [-0.05, 0) is 11.8 Å². The van der Waals surface area contributed by atoms with Crippen molar-refractivity contribution < 1.29 is 0 Å². The normalized spacial score (nSPS) is 42.3. The third-order valence-corrected chi connectivity index (χ3v) is 1.55. The summed E-state index contributed by atoms with van der Waals surface area (Å²) in [5.41, 5.74) is 0. The maximum Gasteiger partial charge on any atom is -0.0201 e. The van der Waals surface area contributed by atoms with Gasteiger partial charge in [-0.3, -0.25) is 0 Å². The SMILES string of the molecule is CC1C=CC1C. The highest BCUT2D eigenvalue weighted by atomic mass is 14.2. The molecule has 0 radical (unpaired) electrons. The zero-order valence-corrected chi connectivity index (χ0v) is 4.31. The molecule has 1 rings (SSSR count). The first kappa shape index (κ1) is 3.91. The Morgan fingerprint density at radius 1 is 1.00 bits per heavy atom. The molecule has 34 valence electrons. The Kier molecular flexibility index (Phi) is 0.722. The molecule has 0 saturated heterocycles. The molecule has 0 aromatic rings. The number of rotatable bonds is 0. The molecular formula is C6H10. The smallest absolute Gasteiger partial charge is 0.0201 e. The fraction of sp³-hybridized carbons (Fsp3) is 0.667. The largest absolute Gasteiger partial charge is 0.0848 e. The average Bonchev–Trinajstić information content (AvgIpc) is 1.61. The first-order valence-electron chi connectivity index (χ1n) is 2.49. The number of hydrogen-bond donors (Lipinski definition) is 0. The van der Waals surface area contributed by atoms with Crippen molar-refractivity contribution in [2.45, 2.75) is 13.8 Å². The van der Waals surface area contributed by atoms with Crippen LogP contribution in [0.3, 0.4) is 0 Å². The van der Waals surface area contributed by atoms with Gasteiger partial charge in [0.05, 0.1) is 0 Å². The second-order valence-electron chi connectivity index (χ2n) is 2.10. The van der Waals surface area contributed by atoms with Crippen molar-refractivity contribution in [1.29, 1.82) is 0 Å². The molecule has 0 aromatic heterocycles. The average molecular weight is 82.1 g/mol. The summed E-state index contributed by atoms with van der Waals surface area (Å²) in [6.07, 6.45) is 4.48. The lowest BCUT2D eigenvalue weighted by Crippen LogP contribution is -2.09. The standard InChI is InChI=1S/C6H10/c1-5-3-4-6(5)2/h3-6H,1-2H3. The Morgan fingerprint density at radius 3 is 1.33 bits per heavy atom. The van der Waals surface area contributed by atoms with Crippen molar-refractivity contribution in [2.75, 3.05) is 0 Å². The van der Waals surface area contributed by atoms with Crippen LogP contribution in [0.4, 0.5) is 0 Å². The fourth-order valence-corrected chi connectivity index (χ4v) is 0.556. The van der Waals surface area contributed by atoms with Crippen LogP contribution in [0.5, 0.6) is 0 Å². The first-order valence-corrected chi connectivity index (χ1v) is 2.49. The van der Waals surface area contributed by atoms with E-state index in [9.17, 15) is 0 Å². The van der Waals surface area contributed by atoms with Gasteiger partial charge in [0, 0.05) is 0 Å². The summed E-state index contributed by atoms with van der Waals surface area (Å²) in [6.45, 7) is 4.48. The van der Waals surface area contributed by atoms with Crippen molar-refractivity contribution in [1.82, 2.24) is 0 Å². The lowest BCUT2D eigenvalue weighted by Gasteiger charge is -2.20. The molecule has 0 aromatic carbocycles. The highest BCUT2D eigenvalue weighted by molar-refractivity contribution is 5.04. The Morgan fingerprint density at radius 2 is 1.33 bits per heavy atom. The van der Waals surface area contributed by atoms with E-state index in [2.05, 4.69) is 26.0 Å². The Bertz CT molecular complexity index is 62.1. The van der Waals surface area contributed by atoms with E-state index in [0.29, 0.717) is 0 Å². The minimum atomic E-state index is 0.852. The second-order valence-corrected chi connectivity index (χ2v) is 2.10. The summed E-state index contributed by atoms with van der Waals surface area (Å²) < 4.78 is 0. The Labute approximate surface area is 38.9 Å². The summed E-state index contributed by atoms with van der Waals surface area (Å²) in [5, 5.41) is 0. The molecule has 0 aliphatic heterocycles. The quantitative estimate of drug-likeness (QED) is 0.391. The molecular weight excluding hydrogens is 72.1 g/mol. The molecule has 0 N–H and O–H groups in total. The summed E-state index contributed by atoms with van der Waals surface area (Å²) in [7, 11) is 0. The van der Waals surface area contributed by atoms with Gasteiger partial charge in [-0.15, -0.1) is 0 Å². The fourth-order valence-electron chi connectivity index (χ4n) is 0.556. The molecule has 0 fully saturated rings. The van der Waals surface area contributed by atoms with Gasteiger partial charge in [-0.25, -0.2) is 0 Å². The lowest BCUT2D eigenvalue weighted by molar-refractivity contribution is 0.501. The summed E-state index contributed by atoms with van der Waals surface area (Å²) in [4.78, 5) is 0. The van der Waals surface area contributed by atoms with E-state index in [1.807, 2.05) is 0 Å². The molecule has 0 amide bonds. The van der Waals surface area contributed by atoms with Gasteiger partial charge in [-0.1, -0.05) is 26.0 Å². The molecule has 0 saturated carbocycles. The maximum absolute atomic E-state index is 2.24. The van der Waals surface area contributed by atoms with Crippen LogP contribution in [0.1, 0.15) is 13.8 Å². The molecule has 0 spiro atoms. The second kappa shape index (κ2) is 1.11. The summed E-state index contributed by atoms with van der Waals surface area (Å²) >= 11 is 0. The Hall–Kier alpha value is -0.260. The highest BCUT2D eigenvalue weighted by Crippen LogP contribution is 2.22. The van der Waals surface area contributed by atoms with E-state index in [1.54, 1.807) is 0 Å². The molecule has 0 bridgehead atoms. The van der Waals surface area contributed by atoms with Gasteiger partial charge in [0.25, 0.3) is 0 Å². The molecule has 1 aliphatic carbocycles. The van der Waals surface area contributed by atoms with Crippen LogP contribution in [-0.4, -0.2) is 0 Å². The third kappa shape index (κ3) is 0.368. The predicted octanol–water partition coefficient (Wildman–Crippen LogP) is 1.83. The highest BCUT2D eigenvalue weighted by Gasteiger charge is 2.11. The monoisotopic (exact) mass is 82.1 g/mol.